The van der Waals surface area contributed by atoms with Crippen LogP contribution in [0.2, 0.25) is 0 Å². The van der Waals surface area contributed by atoms with Gasteiger partial charge in [-0.05, 0) is 38.0 Å². The third-order valence-electron chi connectivity index (χ3n) is 2.82. The fourth-order valence-electron chi connectivity index (χ4n) is 2.00. The molecule has 15 heavy (non-hydrogen) atoms. The molecule has 0 fully saturated rings. The van der Waals surface area contributed by atoms with Crippen molar-refractivity contribution >= 4 is 10.9 Å². The normalized spacial score (nSPS) is 10.9. The lowest BCUT2D eigenvalue weighted by atomic mass is 10.1. The molecule has 2 rings (SSSR count). The molecule has 2 heteroatoms. The first-order chi connectivity index (χ1) is 7.13. The summed E-state index contributed by atoms with van der Waals surface area (Å²) >= 11 is 0. The molecule has 0 saturated heterocycles. The number of fused-ring (bicyclic) bond motifs is 1. The van der Waals surface area contributed by atoms with Crippen LogP contribution in [0.4, 0.5) is 0 Å². The Morgan fingerprint density at radius 1 is 1.27 bits per heavy atom. The Morgan fingerprint density at radius 3 is 2.67 bits per heavy atom. The molecule has 0 atom stereocenters. The van der Waals surface area contributed by atoms with Crippen LogP contribution in [0.3, 0.4) is 0 Å². The molecule has 0 unspecified atom stereocenters. The first-order valence-electron chi connectivity index (χ1n) is 5.25. The second-order valence-electron chi connectivity index (χ2n) is 3.96. The number of pyridine rings is 1. The van der Waals surface area contributed by atoms with Crippen LogP contribution in [0.15, 0.2) is 23.0 Å². The summed E-state index contributed by atoms with van der Waals surface area (Å²) in [6.07, 6.45) is 0.783. The molecule has 1 N–H and O–H groups in total. The van der Waals surface area contributed by atoms with Crippen molar-refractivity contribution in [3.63, 3.8) is 0 Å². The zero-order chi connectivity index (χ0) is 11.0. The fourth-order valence-corrected chi connectivity index (χ4v) is 2.00. The highest BCUT2D eigenvalue weighted by Crippen LogP contribution is 2.13. The lowest BCUT2D eigenvalue weighted by Crippen LogP contribution is -2.12. The molecule has 0 spiro atoms. The highest BCUT2D eigenvalue weighted by atomic mass is 16.1. The summed E-state index contributed by atoms with van der Waals surface area (Å²) in [6, 6.07) is 5.90. The smallest absolute Gasteiger partial charge is 0.192 e. The quantitative estimate of drug-likeness (QED) is 0.756. The Kier molecular flexibility index (Phi) is 2.35. The molecule has 2 aromatic rings. The SMILES string of the molecule is CCc1c(C)[nH]c2cc(C)ccc2c1=O. The maximum absolute atomic E-state index is 12.1. The highest BCUT2D eigenvalue weighted by Gasteiger charge is 2.06. The van der Waals surface area contributed by atoms with Gasteiger partial charge >= 0.3 is 0 Å². The van der Waals surface area contributed by atoms with Crippen LogP contribution < -0.4 is 5.43 Å². The summed E-state index contributed by atoms with van der Waals surface area (Å²) in [4.78, 5) is 15.4. The van der Waals surface area contributed by atoms with E-state index in [0.29, 0.717) is 0 Å². The van der Waals surface area contributed by atoms with Crippen molar-refractivity contribution in [2.75, 3.05) is 0 Å². The average molecular weight is 201 g/mol. The molecule has 1 aromatic carbocycles. The van der Waals surface area contributed by atoms with Crippen molar-refractivity contribution < 1.29 is 0 Å². The van der Waals surface area contributed by atoms with Crippen LogP contribution in [-0.2, 0) is 6.42 Å². The van der Waals surface area contributed by atoms with E-state index in [1.54, 1.807) is 0 Å². The standard InChI is InChI=1S/C13H15NO/c1-4-10-9(3)14-12-7-8(2)5-6-11(12)13(10)15/h5-7H,4H2,1-3H3,(H,14,15). The summed E-state index contributed by atoms with van der Waals surface area (Å²) in [5.41, 5.74) is 4.16. The molecule has 78 valence electrons. The molecule has 0 aliphatic carbocycles. The van der Waals surface area contributed by atoms with E-state index >= 15 is 0 Å². The van der Waals surface area contributed by atoms with Crippen molar-refractivity contribution in [1.82, 2.24) is 4.98 Å². The molecule has 2 nitrogen and oxygen atoms in total. The molecule has 0 aliphatic rings. The molecule has 1 heterocycles. The molecular formula is C13H15NO. The van der Waals surface area contributed by atoms with Crippen LogP contribution in [0.1, 0.15) is 23.7 Å². The minimum atomic E-state index is 0.170. The highest BCUT2D eigenvalue weighted by molar-refractivity contribution is 5.80. The van der Waals surface area contributed by atoms with Gasteiger partial charge in [0.15, 0.2) is 5.43 Å². The lowest BCUT2D eigenvalue weighted by Gasteiger charge is -2.06. The van der Waals surface area contributed by atoms with Crippen LogP contribution in [-0.4, -0.2) is 4.98 Å². The summed E-state index contributed by atoms with van der Waals surface area (Å²) < 4.78 is 0. The zero-order valence-corrected chi connectivity index (χ0v) is 9.35. The Morgan fingerprint density at radius 2 is 2.00 bits per heavy atom. The van der Waals surface area contributed by atoms with E-state index in [2.05, 4.69) is 4.98 Å². The van der Waals surface area contributed by atoms with Crippen LogP contribution in [0.25, 0.3) is 10.9 Å². The second kappa shape index (κ2) is 3.54. The predicted octanol–water partition coefficient (Wildman–Crippen LogP) is 2.71. The summed E-state index contributed by atoms with van der Waals surface area (Å²) in [6.45, 7) is 6.00. The van der Waals surface area contributed by atoms with Gasteiger partial charge in [-0.25, -0.2) is 0 Å². The van der Waals surface area contributed by atoms with Gasteiger partial charge in [-0.15, -0.1) is 0 Å². The van der Waals surface area contributed by atoms with Crippen molar-refractivity contribution in [3.8, 4) is 0 Å². The van der Waals surface area contributed by atoms with Crippen LogP contribution in [0.5, 0.6) is 0 Å². The first kappa shape index (κ1) is 9.97. The summed E-state index contributed by atoms with van der Waals surface area (Å²) in [7, 11) is 0. The molecular weight excluding hydrogens is 186 g/mol. The topological polar surface area (TPSA) is 32.9 Å². The lowest BCUT2D eigenvalue weighted by molar-refractivity contribution is 1.05. The summed E-state index contributed by atoms with van der Waals surface area (Å²) in [5.74, 6) is 0. The van der Waals surface area contributed by atoms with Crippen LogP contribution in [0, 0.1) is 13.8 Å². The van der Waals surface area contributed by atoms with Gasteiger partial charge in [0, 0.05) is 22.2 Å². The van der Waals surface area contributed by atoms with Gasteiger partial charge in [0.25, 0.3) is 0 Å². The maximum atomic E-state index is 12.1. The Bertz CT molecular complexity index is 566. The Hall–Kier alpha value is -1.57. The van der Waals surface area contributed by atoms with E-state index in [0.717, 1.165) is 28.6 Å². The van der Waals surface area contributed by atoms with Crippen molar-refractivity contribution in [1.29, 1.82) is 0 Å². The van der Waals surface area contributed by atoms with Crippen LogP contribution >= 0.6 is 0 Å². The third kappa shape index (κ3) is 1.56. The van der Waals surface area contributed by atoms with E-state index in [1.165, 1.54) is 5.56 Å². The minimum absolute atomic E-state index is 0.170. The van der Waals surface area contributed by atoms with Gasteiger partial charge in [0.05, 0.1) is 0 Å². The number of nitrogens with one attached hydrogen (secondary N) is 1. The van der Waals surface area contributed by atoms with Crippen molar-refractivity contribution in [2.24, 2.45) is 0 Å². The van der Waals surface area contributed by atoms with Crippen molar-refractivity contribution in [3.05, 3.63) is 45.2 Å². The van der Waals surface area contributed by atoms with Gasteiger partial charge in [-0.2, -0.15) is 0 Å². The van der Waals surface area contributed by atoms with Gasteiger partial charge in [0.1, 0.15) is 0 Å². The second-order valence-corrected chi connectivity index (χ2v) is 3.96. The zero-order valence-electron chi connectivity index (χ0n) is 9.35. The number of H-pyrrole nitrogens is 1. The van der Waals surface area contributed by atoms with Gasteiger partial charge < -0.3 is 4.98 Å². The molecule has 1 aromatic heterocycles. The monoisotopic (exact) mass is 201 g/mol. The van der Waals surface area contributed by atoms with E-state index < -0.39 is 0 Å². The molecule has 0 aliphatic heterocycles. The number of benzene rings is 1. The number of hydrogen-bond acceptors (Lipinski definition) is 1. The number of aryl methyl sites for hydroxylation is 2. The minimum Gasteiger partial charge on any atom is -0.358 e. The average Bonchev–Trinajstić information content (AvgIpc) is 2.17. The predicted molar refractivity (Wildman–Crippen MR) is 63.4 cm³/mol. The number of rotatable bonds is 1. The number of aromatic nitrogens is 1. The van der Waals surface area contributed by atoms with E-state index in [9.17, 15) is 4.79 Å². The Labute approximate surface area is 89.0 Å². The van der Waals surface area contributed by atoms with Gasteiger partial charge in [-0.1, -0.05) is 13.0 Å². The Balaban J connectivity index is 2.91. The van der Waals surface area contributed by atoms with E-state index in [1.807, 2.05) is 39.0 Å². The molecule has 0 amide bonds. The molecule has 0 saturated carbocycles. The molecule has 0 radical (unpaired) electrons. The van der Waals surface area contributed by atoms with E-state index in [4.69, 9.17) is 0 Å². The number of hydrogen-bond donors (Lipinski definition) is 1. The fraction of sp³-hybridized carbons (Fsp3) is 0.308. The summed E-state index contributed by atoms with van der Waals surface area (Å²) in [5, 5.41) is 0.794. The largest absolute Gasteiger partial charge is 0.358 e. The van der Waals surface area contributed by atoms with E-state index in [-0.39, 0.29) is 5.43 Å². The number of aromatic amines is 1. The van der Waals surface area contributed by atoms with Gasteiger partial charge in [0.2, 0.25) is 0 Å². The van der Waals surface area contributed by atoms with Crippen molar-refractivity contribution in [2.45, 2.75) is 27.2 Å². The third-order valence-corrected chi connectivity index (χ3v) is 2.82. The maximum Gasteiger partial charge on any atom is 0.192 e. The molecule has 0 bridgehead atoms. The first-order valence-corrected chi connectivity index (χ1v) is 5.25. The van der Waals surface area contributed by atoms with Gasteiger partial charge in [-0.3, -0.25) is 4.79 Å².